The standard InChI is InChI=1S/C17H22BrFN2O2/c1-4-16-11(9-22)14(8-17(23)21(16)5-2)20-15-6-10(3)12(18)7-13(15)19/h8-10,12-13H,4-7H2,1-3H3. The summed E-state index contributed by atoms with van der Waals surface area (Å²) < 4.78 is 15.9. The number of pyridine rings is 1. The Morgan fingerprint density at radius 3 is 2.74 bits per heavy atom. The van der Waals surface area contributed by atoms with Gasteiger partial charge in [-0.05, 0) is 32.1 Å². The molecule has 0 bridgehead atoms. The first-order valence-electron chi connectivity index (χ1n) is 8.00. The fourth-order valence-corrected chi connectivity index (χ4v) is 3.58. The molecule has 3 unspecified atom stereocenters. The van der Waals surface area contributed by atoms with Gasteiger partial charge in [-0.15, -0.1) is 0 Å². The van der Waals surface area contributed by atoms with Crippen LogP contribution in [0.15, 0.2) is 15.9 Å². The van der Waals surface area contributed by atoms with Gasteiger partial charge in [-0.3, -0.25) is 14.6 Å². The maximum atomic E-state index is 14.3. The van der Waals surface area contributed by atoms with Crippen molar-refractivity contribution in [1.82, 2.24) is 4.57 Å². The van der Waals surface area contributed by atoms with Crippen molar-refractivity contribution < 1.29 is 9.18 Å². The lowest BCUT2D eigenvalue weighted by molar-refractivity contribution is 0.112. The van der Waals surface area contributed by atoms with Crippen LogP contribution in [-0.4, -0.2) is 27.6 Å². The molecule has 1 saturated carbocycles. The smallest absolute Gasteiger partial charge is 0.252 e. The molecule has 1 aromatic heterocycles. The zero-order valence-corrected chi connectivity index (χ0v) is 15.3. The normalized spacial score (nSPS) is 26.5. The van der Waals surface area contributed by atoms with Gasteiger partial charge in [0.2, 0.25) is 0 Å². The molecule has 0 N–H and O–H groups in total. The number of rotatable bonds is 4. The van der Waals surface area contributed by atoms with Gasteiger partial charge >= 0.3 is 0 Å². The SMILES string of the molecule is CCc1c(C=O)c(N=C2CC(C)C(Br)CC2F)cc(=O)n1CC. The number of halogens is 2. The Morgan fingerprint density at radius 2 is 2.17 bits per heavy atom. The minimum Gasteiger partial charge on any atom is -0.312 e. The van der Waals surface area contributed by atoms with Gasteiger partial charge in [-0.25, -0.2) is 4.39 Å². The van der Waals surface area contributed by atoms with E-state index in [1.54, 1.807) is 4.57 Å². The molecule has 4 nitrogen and oxygen atoms in total. The third-order valence-electron chi connectivity index (χ3n) is 4.41. The molecule has 0 aromatic carbocycles. The molecule has 1 aliphatic carbocycles. The second-order valence-corrected chi connectivity index (χ2v) is 7.12. The molecule has 2 rings (SSSR count). The van der Waals surface area contributed by atoms with Gasteiger partial charge in [-0.1, -0.05) is 29.8 Å². The largest absolute Gasteiger partial charge is 0.312 e. The van der Waals surface area contributed by atoms with Gasteiger partial charge in [0, 0.05) is 23.1 Å². The van der Waals surface area contributed by atoms with Crippen LogP contribution in [0.1, 0.15) is 49.7 Å². The van der Waals surface area contributed by atoms with Crippen molar-refractivity contribution >= 4 is 33.6 Å². The summed E-state index contributed by atoms with van der Waals surface area (Å²) in [5.74, 6) is 0.266. The summed E-state index contributed by atoms with van der Waals surface area (Å²) in [4.78, 5) is 28.3. The van der Waals surface area contributed by atoms with Crippen LogP contribution in [0.2, 0.25) is 0 Å². The first-order chi connectivity index (χ1) is 10.9. The molecule has 0 spiro atoms. The van der Waals surface area contributed by atoms with Crippen LogP contribution in [0, 0.1) is 5.92 Å². The number of hydrogen-bond acceptors (Lipinski definition) is 3. The molecule has 3 atom stereocenters. The highest BCUT2D eigenvalue weighted by molar-refractivity contribution is 9.09. The molecule has 1 aliphatic rings. The van der Waals surface area contributed by atoms with E-state index in [1.165, 1.54) is 6.07 Å². The van der Waals surface area contributed by atoms with Crippen LogP contribution in [0.25, 0.3) is 0 Å². The average molecular weight is 385 g/mol. The van der Waals surface area contributed by atoms with Crippen molar-refractivity contribution in [2.45, 2.75) is 57.6 Å². The monoisotopic (exact) mass is 384 g/mol. The summed E-state index contributed by atoms with van der Waals surface area (Å²) >= 11 is 3.48. The Hall–Kier alpha value is -1.30. The second kappa shape index (κ2) is 7.51. The van der Waals surface area contributed by atoms with Crippen LogP contribution in [0.3, 0.4) is 0 Å². The van der Waals surface area contributed by atoms with E-state index >= 15 is 0 Å². The topological polar surface area (TPSA) is 51.4 Å². The van der Waals surface area contributed by atoms with Gasteiger partial charge in [-0.2, -0.15) is 0 Å². The highest BCUT2D eigenvalue weighted by Crippen LogP contribution is 2.32. The van der Waals surface area contributed by atoms with Gasteiger partial charge in [0.25, 0.3) is 5.56 Å². The maximum absolute atomic E-state index is 14.3. The fraction of sp³-hybridized carbons (Fsp3) is 0.588. The van der Waals surface area contributed by atoms with Crippen LogP contribution in [0.5, 0.6) is 0 Å². The third-order valence-corrected chi connectivity index (χ3v) is 5.69. The van der Waals surface area contributed by atoms with Gasteiger partial charge < -0.3 is 4.57 Å². The summed E-state index contributed by atoms with van der Waals surface area (Å²) in [6, 6.07) is 1.34. The van der Waals surface area contributed by atoms with Crippen LogP contribution in [0.4, 0.5) is 10.1 Å². The summed E-state index contributed by atoms with van der Waals surface area (Å²) in [6.45, 7) is 6.28. The van der Waals surface area contributed by atoms with Crippen molar-refractivity contribution in [2.24, 2.45) is 10.9 Å². The van der Waals surface area contributed by atoms with Crippen molar-refractivity contribution in [3.8, 4) is 0 Å². The third kappa shape index (κ3) is 3.62. The fourth-order valence-electron chi connectivity index (χ4n) is 3.07. The van der Waals surface area contributed by atoms with Crippen LogP contribution >= 0.6 is 15.9 Å². The van der Waals surface area contributed by atoms with Gasteiger partial charge in [0.05, 0.1) is 17.0 Å². The minimum absolute atomic E-state index is 0.126. The molecule has 0 aliphatic heterocycles. The van der Waals surface area contributed by atoms with E-state index < -0.39 is 6.17 Å². The highest BCUT2D eigenvalue weighted by atomic mass is 79.9. The van der Waals surface area contributed by atoms with Crippen molar-refractivity contribution in [2.75, 3.05) is 0 Å². The van der Waals surface area contributed by atoms with E-state index in [-0.39, 0.29) is 16.3 Å². The maximum Gasteiger partial charge on any atom is 0.252 e. The number of carbonyl (C=O) groups excluding carboxylic acids is 1. The van der Waals surface area contributed by atoms with Gasteiger partial charge in [0.15, 0.2) is 6.29 Å². The molecule has 0 amide bonds. The molecule has 126 valence electrons. The van der Waals surface area contributed by atoms with Crippen molar-refractivity contribution in [1.29, 1.82) is 0 Å². The summed E-state index contributed by atoms with van der Waals surface area (Å²) in [5, 5.41) is 0. The number of hydrogen-bond donors (Lipinski definition) is 0. The van der Waals surface area contributed by atoms with Crippen LogP contribution < -0.4 is 5.56 Å². The van der Waals surface area contributed by atoms with Crippen LogP contribution in [-0.2, 0) is 13.0 Å². The zero-order chi connectivity index (χ0) is 17.1. The van der Waals surface area contributed by atoms with E-state index in [1.807, 2.05) is 20.8 Å². The second-order valence-electron chi connectivity index (χ2n) is 5.95. The Labute approximate surface area is 143 Å². The first-order valence-corrected chi connectivity index (χ1v) is 8.91. The number of aromatic nitrogens is 1. The summed E-state index contributed by atoms with van der Waals surface area (Å²) in [7, 11) is 0. The molecule has 1 aromatic rings. The lowest BCUT2D eigenvalue weighted by Crippen LogP contribution is -2.32. The lowest BCUT2D eigenvalue weighted by atomic mass is 9.87. The number of alkyl halides is 2. The Kier molecular flexibility index (Phi) is 5.89. The number of carbonyl (C=O) groups is 1. The molecule has 1 heterocycles. The highest BCUT2D eigenvalue weighted by Gasteiger charge is 2.31. The predicted octanol–water partition coefficient (Wildman–Crippen LogP) is 3.85. The molecule has 0 radical (unpaired) electrons. The lowest BCUT2D eigenvalue weighted by Gasteiger charge is -2.28. The van der Waals surface area contributed by atoms with E-state index in [0.29, 0.717) is 48.5 Å². The molecule has 1 fully saturated rings. The predicted molar refractivity (Wildman–Crippen MR) is 94.2 cm³/mol. The first kappa shape index (κ1) is 18.0. The Morgan fingerprint density at radius 1 is 1.48 bits per heavy atom. The molecule has 23 heavy (non-hydrogen) atoms. The van der Waals surface area contributed by atoms with E-state index in [0.717, 1.165) is 6.29 Å². The van der Waals surface area contributed by atoms with Crippen molar-refractivity contribution in [3.05, 3.63) is 27.7 Å². The number of nitrogens with zero attached hydrogens (tertiary/aromatic N) is 2. The minimum atomic E-state index is -1.14. The molecule has 6 heteroatoms. The quantitative estimate of drug-likeness (QED) is 0.584. The summed E-state index contributed by atoms with van der Waals surface area (Å²) in [6.07, 6.45) is 1.01. The zero-order valence-electron chi connectivity index (χ0n) is 13.7. The molecular formula is C17H22BrFN2O2. The molecule has 0 saturated heterocycles. The average Bonchev–Trinajstić information content (AvgIpc) is 2.51. The Balaban J connectivity index is 2.55. The Bertz CT molecular complexity index is 684. The number of aliphatic imine (C=N–C) groups is 1. The summed E-state index contributed by atoms with van der Waals surface area (Å²) in [5.41, 5.74) is 1.57. The van der Waals surface area contributed by atoms with E-state index in [2.05, 4.69) is 20.9 Å². The van der Waals surface area contributed by atoms with E-state index in [4.69, 9.17) is 0 Å². The molecular weight excluding hydrogens is 363 g/mol. The van der Waals surface area contributed by atoms with E-state index in [9.17, 15) is 14.0 Å². The van der Waals surface area contributed by atoms with Crippen molar-refractivity contribution in [3.63, 3.8) is 0 Å². The van der Waals surface area contributed by atoms with Gasteiger partial charge in [0.1, 0.15) is 6.17 Å². The number of aldehydes is 1.